The molecule has 6 heavy (non-hydrogen) atoms. The van der Waals surface area contributed by atoms with E-state index in [2.05, 4.69) is 18.0 Å². The lowest BCUT2D eigenvalue weighted by molar-refractivity contribution is 1.93. The fourth-order valence-electron chi connectivity index (χ4n) is 0.123. The van der Waals surface area contributed by atoms with E-state index in [0.717, 1.165) is 0 Å². The van der Waals surface area contributed by atoms with Crippen molar-refractivity contribution < 1.29 is 0 Å². The summed E-state index contributed by atoms with van der Waals surface area (Å²) in [4.78, 5) is 0. The Morgan fingerprint density at radius 2 is 2.50 bits per heavy atom. The van der Waals surface area contributed by atoms with Gasteiger partial charge in [-0.05, 0) is 6.92 Å². The summed E-state index contributed by atoms with van der Waals surface area (Å²) in [6.45, 7) is 5.34. The smallest absolute Gasteiger partial charge is 0.130 e. The summed E-state index contributed by atoms with van der Waals surface area (Å²) in [5.41, 5.74) is 4.67. The molecular formula is C5H6Si. The zero-order chi connectivity index (χ0) is 4.83. The van der Waals surface area contributed by atoms with E-state index in [9.17, 15) is 0 Å². The highest BCUT2D eigenvalue weighted by molar-refractivity contribution is 6.51. The lowest BCUT2D eigenvalue weighted by atomic mass is 10.8. The molecule has 0 heterocycles. The van der Waals surface area contributed by atoms with Crippen LogP contribution in [0, 0.1) is 11.5 Å². The van der Waals surface area contributed by atoms with Crippen LogP contribution in [0.4, 0.5) is 0 Å². The van der Waals surface area contributed by atoms with Crippen LogP contribution in [0.1, 0.15) is 6.92 Å². The van der Waals surface area contributed by atoms with Crippen molar-refractivity contribution in [1.29, 1.82) is 0 Å². The number of hydrogen-bond acceptors (Lipinski definition) is 0. The largest absolute Gasteiger partial charge is 0.177 e. The van der Waals surface area contributed by atoms with Crippen LogP contribution in [0.5, 0.6) is 0 Å². The minimum atomic E-state index is 0.618. The molecule has 0 atom stereocenters. The summed E-state index contributed by atoms with van der Waals surface area (Å²) < 4.78 is 0. The van der Waals surface area contributed by atoms with Crippen molar-refractivity contribution in [3.05, 3.63) is 12.3 Å². The minimum absolute atomic E-state index is 0.618. The number of hydrogen-bond donors (Lipinski definition) is 0. The lowest BCUT2D eigenvalue weighted by Gasteiger charge is -1.60. The van der Waals surface area contributed by atoms with E-state index in [0.29, 0.717) is 9.52 Å². The summed E-state index contributed by atoms with van der Waals surface area (Å²) in [7, 11) is 0.618. The first-order chi connectivity index (χ1) is 2.91. The highest BCUT2D eigenvalue weighted by atomic mass is 28.2. The second kappa shape index (κ2) is 4.52. The Morgan fingerprint density at radius 1 is 1.83 bits per heavy atom. The van der Waals surface area contributed by atoms with Crippen molar-refractivity contribution >= 4 is 9.52 Å². The third kappa shape index (κ3) is 3.52. The third-order valence-corrected chi connectivity index (χ3v) is 0.898. The van der Waals surface area contributed by atoms with Gasteiger partial charge in [0.15, 0.2) is 9.52 Å². The van der Waals surface area contributed by atoms with Crippen molar-refractivity contribution in [2.24, 2.45) is 0 Å². The molecule has 0 N–H and O–H groups in total. The Balaban J connectivity index is 3.00. The van der Waals surface area contributed by atoms with E-state index in [1.165, 1.54) is 0 Å². The molecule has 0 nitrogen and oxygen atoms in total. The topological polar surface area (TPSA) is 0 Å². The highest BCUT2D eigenvalue weighted by Gasteiger charge is 1.60. The van der Waals surface area contributed by atoms with Gasteiger partial charge < -0.3 is 0 Å². The van der Waals surface area contributed by atoms with Gasteiger partial charge in [-0.2, -0.15) is 0 Å². The van der Waals surface area contributed by atoms with Gasteiger partial charge >= 0.3 is 0 Å². The van der Waals surface area contributed by atoms with Crippen LogP contribution in [0.2, 0.25) is 0 Å². The van der Waals surface area contributed by atoms with Gasteiger partial charge in [0.25, 0.3) is 0 Å². The summed E-state index contributed by atoms with van der Waals surface area (Å²) in [5.74, 6) is 2.76. The average Bonchev–Trinajstić information content (AvgIpc) is 1.61. The molecule has 0 fully saturated rings. The molecule has 0 aliphatic carbocycles. The van der Waals surface area contributed by atoms with Crippen LogP contribution in [-0.2, 0) is 0 Å². The van der Waals surface area contributed by atoms with Crippen LogP contribution >= 0.6 is 0 Å². The molecule has 0 aromatic carbocycles. The predicted octanol–water partition coefficient (Wildman–Crippen LogP) is 0.815. The van der Waals surface area contributed by atoms with Gasteiger partial charge in [0, 0.05) is 0 Å². The fraction of sp³-hybridized carbons (Fsp3) is 0.200. The van der Waals surface area contributed by atoms with Crippen LogP contribution in [-0.4, -0.2) is 9.52 Å². The highest BCUT2D eigenvalue weighted by Crippen LogP contribution is 1.53. The summed E-state index contributed by atoms with van der Waals surface area (Å²) in [5, 5.41) is 0. The van der Waals surface area contributed by atoms with Crippen molar-refractivity contribution in [2.75, 3.05) is 0 Å². The van der Waals surface area contributed by atoms with Crippen LogP contribution in [0.25, 0.3) is 0 Å². The maximum Gasteiger partial charge on any atom is 0.177 e. The van der Waals surface area contributed by atoms with Gasteiger partial charge in [-0.3, -0.25) is 0 Å². The van der Waals surface area contributed by atoms with Gasteiger partial charge in [0.2, 0.25) is 0 Å². The standard InChI is InChI=1S/C5H6Si/c1-3-5-6-4-2/h4H,2H2,1H3. The van der Waals surface area contributed by atoms with E-state index < -0.39 is 0 Å². The molecule has 0 saturated carbocycles. The van der Waals surface area contributed by atoms with Crippen LogP contribution < -0.4 is 0 Å². The van der Waals surface area contributed by atoms with Crippen molar-refractivity contribution in [3.63, 3.8) is 0 Å². The Bertz CT molecular complexity index is 83.8. The molecule has 2 radical (unpaired) electrons. The summed E-state index contributed by atoms with van der Waals surface area (Å²) in [6, 6.07) is 0. The zero-order valence-electron chi connectivity index (χ0n) is 3.78. The van der Waals surface area contributed by atoms with Gasteiger partial charge in [-0.25, -0.2) is 0 Å². The molecular weight excluding hydrogens is 88.1 g/mol. The van der Waals surface area contributed by atoms with Gasteiger partial charge in [-0.15, -0.1) is 18.0 Å². The molecule has 0 aromatic heterocycles. The molecule has 0 aliphatic rings. The van der Waals surface area contributed by atoms with Gasteiger partial charge in [0.1, 0.15) is 0 Å². The monoisotopic (exact) mass is 94.0 g/mol. The first-order valence-corrected chi connectivity index (χ1v) is 2.77. The lowest BCUT2D eigenvalue weighted by Crippen LogP contribution is -1.71. The maximum absolute atomic E-state index is 3.51. The quantitative estimate of drug-likeness (QED) is 0.333. The molecule has 0 amide bonds. The van der Waals surface area contributed by atoms with E-state index >= 15 is 0 Å². The Labute approximate surface area is 41.1 Å². The molecule has 0 rings (SSSR count). The van der Waals surface area contributed by atoms with E-state index in [-0.39, 0.29) is 0 Å². The normalized spacial score (nSPS) is 5.50. The Kier molecular flexibility index (Phi) is 4.15. The predicted molar refractivity (Wildman–Crippen MR) is 29.4 cm³/mol. The first kappa shape index (κ1) is 5.52. The van der Waals surface area contributed by atoms with Gasteiger partial charge in [0.05, 0.1) is 0 Å². The van der Waals surface area contributed by atoms with Gasteiger partial charge in [-0.1, -0.05) is 5.70 Å². The molecule has 0 spiro atoms. The second-order valence-corrected chi connectivity index (χ2v) is 1.67. The van der Waals surface area contributed by atoms with E-state index in [1.54, 1.807) is 0 Å². The molecule has 0 bridgehead atoms. The molecule has 30 valence electrons. The fourth-order valence-corrected chi connectivity index (χ4v) is 0.370. The summed E-state index contributed by atoms with van der Waals surface area (Å²) in [6.07, 6.45) is 0. The number of rotatable bonds is 1. The first-order valence-electron chi connectivity index (χ1n) is 1.70. The van der Waals surface area contributed by atoms with Crippen molar-refractivity contribution in [2.45, 2.75) is 6.92 Å². The Morgan fingerprint density at radius 3 is 2.67 bits per heavy atom. The second-order valence-electron chi connectivity index (χ2n) is 0.723. The SMILES string of the molecule is C=C[Si]C#CC. The maximum atomic E-state index is 3.51. The molecule has 0 saturated heterocycles. The molecule has 0 aromatic rings. The van der Waals surface area contributed by atoms with Crippen molar-refractivity contribution in [1.82, 2.24) is 0 Å². The van der Waals surface area contributed by atoms with Crippen molar-refractivity contribution in [3.8, 4) is 11.5 Å². The third-order valence-electron chi connectivity index (χ3n) is 0.299. The average molecular weight is 94.2 g/mol. The zero-order valence-corrected chi connectivity index (χ0v) is 4.78. The van der Waals surface area contributed by atoms with Crippen LogP contribution in [0.15, 0.2) is 12.3 Å². The van der Waals surface area contributed by atoms with Crippen LogP contribution in [0.3, 0.4) is 0 Å². The van der Waals surface area contributed by atoms with E-state index in [4.69, 9.17) is 0 Å². The molecule has 0 aliphatic heterocycles. The van der Waals surface area contributed by atoms with E-state index in [1.807, 2.05) is 12.6 Å². The minimum Gasteiger partial charge on any atom is -0.130 e. The summed E-state index contributed by atoms with van der Waals surface area (Å²) >= 11 is 0. The Hall–Kier alpha value is -0.483. The molecule has 1 heteroatoms. The molecule has 0 unspecified atom stereocenters.